The summed E-state index contributed by atoms with van der Waals surface area (Å²) >= 11 is 0. The molecule has 0 aliphatic carbocycles. The molecule has 0 heterocycles. The van der Waals surface area contributed by atoms with Crippen LogP contribution in [0.3, 0.4) is 0 Å². The molecule has 0 saturated heterocycles. The molecule has 0 bridgehead atoms. The molecule has 1 aromatic carbocycles. The van der Waals surface area contributed by atoms with Gasteiger partial charge < -0.3 is 4.74 Å². The zero-order valence-electron chi connectivity index (χ0n) is 10.1. The molecule has 0 radical (unpaired) electrons. The van der Waals surface area contributed by atoms with Gasteiger partial charge in [0, 0.05) is 5.56 Å². The van der Waals surface area contributed by atoms with E-state index in [2.05, 4.69) is 6.92 Å². The van der Waals surface area contributed by atoms with E-state index in [9.17, 15) is 4.79 Å². The van der Waals surface area contributed by atoms with Gasteiger partial charge >= 0.3 is 0 Å². The van der Waals surface area contributed by atoms with E-state index in [1.54, 1.807) is 18.2 Å². The van der Waals surface area contributed by atoms with Crippen molar-refractivity contribution in [3.63, 3.8) is 0 Å². The maximum atomic E-state index is 11.7. The smallest absolute Gasteiger partial charge is 0.185 e. The van der Waals surface area contributed by atoms with Crippen molar-refractivity contribution in [2.45, 2.75) is 27.2 Å². The van der Waals surface area contributed by atoms with Gasteiger partial charge in [-0.15, -0.1) is 0 Å². The molecule has 0 saturated carbocycles. The fourth-order valence-electron chi connectivity index (χ4n) is 1.28. The highest BCUT2D eigenvalue weighted by Gasteiger charge is 2.02. The number of allylic oxidation sites excluding steroid dienone is 2. The van der Waals surface area contributed by atoms with Crippen LogP contribution < -0.4 is 4.74 Å². The van der Waals surface area contributed by atoms with Gasteiger partial charge in [-0.1, -0.05) is 12.5 Å². The molecule has 0 aromatic heterocycles. The summed E-state index contributed by atoms with van der Waals surface area (Å²) < 4.78 is 5.44. The summed E-state index contributed by atoms with van der Waals surface area (Å²) in [6.07, 6.45) is 2.63. The van der Waals surface area contributed by atoms with Crippen molar-refractivity contribution >= 4 is 5.78 Å². The predicted octanol–water partition coefficient (Wildman–Crippen LogP) is 3.62. The van der Waals surface area contributed by atoms with E-state index < -0.39 is 0 Å². The van der Waals surface area contributed by atoms with E-state index >= 15 is 0 Å². The average molecular weight is 218 g/mol. The Hall–Kier alpha value is -1.57. The zero-order chi connectivity index (χ0) is 12.0. The van der Waals surface area contributed by atoms with Crippen molar-refractivity contribution in [2.75, 3.05) is 6.61 Å². The summed E-state index contributed by atoms with van der Waals surface area (Å²) in [4.78, 5) is 11.7. The van der Waals surface area contributed by atoms with Crippen molar-refractivity contribution in [2.24, 2.45) is 0 Å². The number of rotatable bonds is 5. The van der Waals surface area contributed by atoms with E-state index in [0.29, 0.717) is 12.2 Å². The van der Waals surface area contributed by atoms with Crippen LogP contribution in [0.15, 0.2) is 35.9 Å². The molecule has 1 rings (SSSR count). The number of carbonyl (C=O) groups excluding carboxylic acids is 1. The number of benzene rings is 1. The number of carbonyl (C=O) groups is 1. The number of hydrogen-bond acceptors (Lipinski definition) is 2. The van der Waals surface area contributed by atoms with Crippen LogP contribution in [0.5, 0.6) is 5.75 Å². The third-order valence-electron chi connectivity index (χ3n) is 2.03. The highest BCUT2D eigenvalue weighted by atomic mass is 16.5. The Morgan fingerprint density at radius 2 is 1.88 bits per heavy atom. The van der Waals surface area contributed by atoms with Crippen LogP contribution in [0.4, 0.5) is 0 Å². The predicted molar refractivity (Wildman–Crippen MR) is 66.0 cm³/mol. The van der Waals surface area contributed by atoms with Crippen LogP contribution in [0.2, 0.25) is 0 Å². The molecule has 0 atom stereocenters. The minimum Gasteiger partial charge on any atom is -0.494 e. The molecule has 0 unspecified atom stereocenters. The first-order valence-electron chi connectivity index (χ1n) is 5.55. The maximum absolute atomic E-state index is 11.7. The monoisotopic (exact) mass is 218 g/mol. The molecule has 16 heavy (non-hydrogen) atoms. The molecule has 0 aliphatic heterocycles. The number of ketones is 1. The Morgan fingerprint density at radius 3 is 2.38 bits per heavy atom. The van der Waals surface area contributed by atoms with Gasteiger partial charge in [-0.2, -0.15) is 0 Å². The molecule has 0 aliphatic rings. The molecule has 86 valence electrons. The van der Waals surface area contributed by atoms with Crippen molar-refractivity contribution in [3.8, 4) is 5.75 Å². The lowest BCUT2D eigenvalue weighted by molar-refractivity contribution is 0.104. The van der Waals surface area contributed by atoms with Gasteiger partial charge in [0.05, 0.1) is 6.61 Å². The van der Waals surface area contributed by atoms with Crippen LogP contribution in [0, 0.1) is 0 Å². The second-order valence-electron chi connectivity index (χ2n) is 3.96. The Kier molecular flexibility index (Phi) is 4.77. The van der Waals surface area contributed by atoms with Gasteiger partial charge in [0.25, 0.3) is 0 Å². The van der Waals surface area contributed by atoms with E-state index in [1.807, 2.05) is 26.0 Å². The molecule has 1 aromatic rings. The SMILES string of the molecule is CCCOc1ccc(C(=O)C=C(C)C)cc1. The normalized spacial score (nSPS) is 9.69. The molecule has 2 heteroatoms. The van der Waals surface area contributed by atoms with Gasteiger partial charge in [-0.25, -0.2) is 0 Å². The Morgan fingerprint density at radius 1 is 1.25 bits per heavy atom. The fraction of sp³-hybridized carbons (Fsp3) is 0.357. The van der Waals surface area contributed by atoms with Crippen LogP contribution in [-0.4, -0.2) is 12.4 Å². The summed E-state index contributed by atoms with van der Waals surface area (Å²) in [5.74, 6) is 0.859. The lowest BCUT2D eigenvalue weighted by Crippen LogP contribution is -1.97. The Bertz CT molecular complexity index is 370. The zero-order valence-corrected chi connectivity index (χ0v) is 10.1. The second kappa shape index (κ2) is 6.11. The van der Waals surface area contributed by atoms with Gasteiger partial charge in [-0.3, -0.25) is 4.79 Å². The quantitative estimate of drug-likeness (QED) is 0.557. The Balaban J connectivity index is 2.71. The average Bonchev–Trinajstić information content (AvgIpc) is 2.26. The third kappa shape index (κ3) is 3.89. The largest absolute Gasteiger partial charge is 0.494 e. The molecular weight excluding hydrogens is 200 g/mol. The lowest BCUT2D eigenvalue weighted by atomic mass is 10.1. The van der Waals surface area contributed by atoms with Crippen molar-refractivity contribution in [1.82, 2.24) is 0 Å². The van der Waals surface area contributed by atoms with Crippen molar-refractivity contribution in [3.05, 3.63) is 41.5 Å². The molecular formula is C14H18O2. The summed E-state index contributed by atoms with van der Waals surface area (Å²) in [7, 11) is 0. The van der Waals surface area contributed by atoms with Gasteiger partial charge in [0.2, 0.25) is 0 Å². The maximum Gasteiger partial charge on any atom is 0.185 e. The standard InChI is InChI=1S/C14H18O2/c1-4-9-16-13-7-5-12(6-8-13)14(15)10-11(2)3/h5-8,10H,4,9H2,1-3H3. The van der Waals surface area contributed by atoms with Crippen molar-refractivity contribution < 1.29 is 9.53 Å². The summed E-state index contributed by atoms with van der Waals surface area (Å²) in [6.45, 7) is 6.60. The summed E-state index contributed by atoms with van der Waals surface area (Å²) in [5, 5.41) is 0. The van der Waals surface area contributed by atoms with Crippen LogP contribution in [0.25, 0.3) is 0 Å². The third-order valence-corrected chi connectivity index (χ3v) is 2.03. The Labute approximate surface area is 96.9 Å². The molecule has 0 N–H and O–H groups in total. The molecule has 0 fully saturated rings. The number of ether oxygens (including phenoxy) is 1. The minimum absolute atomic E-state index is 0.0436. The van der Waals surface area contributed by atoms with E-state index in [-0.39, 0.29) is 5.78 Å². The van der Waals surface area contributed by atoms with E-state index in [4.69, 9.17) is 4.74 Å². The van der Waals surface area contributed by atoms with E-state index in [0.717, 1.165) is 17.7 Å². The minimum atomic E-state index is 0.0436. The first-order valence-corrected chi connectivity index (χ1v) is 5.55. The molecule has 0 spiro atoms. The van der Waals surface area contributed by atoms with Crippen LogP contribution >= 0.6 is 0 Å². The highest BCUT2D eigenvalue weighted by molar-refractivity contribution is 6.04. The number of hydrogen-bond donors (Lipinski definition) is 0. The second-order valence-corrected chi connectivity index (χ2v) is 3.96. The van der Waals surface area contributed by atoms with Crippen LogP contribution in [0.1, 0.15) is 37.6 Å². The summed E-state index contributed by atoms with van der Waals surface area (Å²) in [5.41, 5.74) is 1.71. The molecule has 2 nitrogen and oxygen atoms in total. The van der Waals surface area contributed by atoms with E-state index in [1.165, 1.54) is 0 Å². The van der Waals surface area contributed by atoms with Crippen LogP contribution in [-0.2, 0) is 0 Å². The first kappa shape index (κ1) is 12.5. The first-order chi connectivity index (χ1) is 7.63. The van der Waals surface area contributed by atoms with Gasteiger partial charge in [0.1, 0.15) is 5.75 Å². The highest BCUT2D eigenvalue weighted by Crippen LogP contribution is 2.13. The van der Waals surface area contributed by atoms with Gasteiger partial charge in [0.15, 0.2) is 5.78 Å². The van der Waals surface area contributed by atoms with Gasteiger partial charge in [-0.05, 0) is 50.6 Å². The van der Waals surface area contributed by atoms with Crippen molar-refractivity contribution in [1.29, 1.82) is 0 Å². The fourth-order valence-corrected chi connectivity index (χ4v) is 1.28. The lowest BCUT2D eigenvalue weighted by Gasteiger charge is -2.04. The summed E-state index contributed by atoms with van der Waals surface area (Å²) in [6, 6.07) is 7.27. The molecule has 0 amide bonds. The topological polar surface area (TPSA) is 26.3 Å².